The largest absolute Gasteiger partial charge is 0.275 e. The van der Waals surface area contributed by atoms with E-state index < -0.39 is 0 Å². The number of nitrogens with zero attached hydrogens (tertiary/aromatic N) is 5. The fourth-order valence-corrected chi connectivity index (χ4v) is 3.31. The van der Waals surface area contributed by atoms with E-state index in [1.54, 1.807) is 0 Å². The fraction of sp³-hybridized carbons (Fsp3) is 0.133. The molecule has 0 saturated carbocycles. The van der Waals surface area contributed by atoms with Gasteiger partial charge < -0.3 is 0 Å². The molecule has 0 fully saturated rings. The number of imidazole rings is 1. The first-order valence-corrected chi connectivity index (χ1v) is 6.62. The summed E-state index contributed by atoms with van der Waals surface area (Å²) >= 11 is 0. The lowest BCUT2D eigenvalue weighted by Gasteiger charge is -1.95. The lowest BCUT2D eigenvalue weighted by atomic mass is 10.2. The molecule has 0 amide bonds. The maximum atomic E-state index is 4.43. The van der Waals surface area contributed by atoms with Gasteiger partial charge in [0.05, 0.1) is 25.4 Å². The van der Waals surface area contributed by atoms with Crippen LogP contribution in [0.3, 0.4) is 0 Å². The van der Waals surface area contributed by atoms with Crippen LogP contribution in [-0.4, -0.2) is 18.9 Å². The smallest absolute Gasteiger partial charge is 0.264 e. The Labute approximate surface area is 114 Å². The Kier molecular flexibility index (Phi) is 1.65. The molecule has 0 spiro atoms. The summed E-state index contributed by atoms with van der Waals surface area (Å²) < 4.78 is 6.74. The maximum Gasteiger partial charge on any atom is 0.275 e. The van der Waals surface area contributed by atoms with Crippen LogP contribution in [-0.2, 0) is 13.6 Å². The van der Waals surface area contributed by atoms with Gasteiger partial charge in [-0.1, -0.05) is 0 Å². The minimum atomic E-state index is 0.872. The number of fused-ring (bicyclic) bond motifs is 7. The molecule has 0 saturated heterocycles. The number of aromatic nitrogens is 5. The molecular formula is C15H12N5+. The molecule has 0 atom stereocenters. The average Bonchev–Trinajstić information content (AvgIpc) is 3.10. The minimum absolute atomic E-state index is 0.872. The van der Waals surface area contributed by atoms with Crippen LogP contribution in [0.2, 0.25) is 0 Å². The van der Waals surface area contributed by atoms with E-state index >= 15 is 0 Å². The predicted molar refractivity (Wildman–Crippen MR) is 74.2 cm³/mol. The zero-order chi connectivity index (χ0) is 13.3. The zero-order valence-corrected chi connectivity index (χ0v) is 11.0. The van der Waals surface area contributed by atoms with Crippen molar-refractivity contribution in [3.63, 3.8) is 0 Å². The molecule has 5 rings (SSSR count). The normalized spacial score (nSPS) is 13.1. The van der Waals surface area contributed by atoms with E-state index in [0.717, 1.165) is 12.2 Å². The molecule has 20 heavy (non-hydrogen) atoms. The molecule has 0 radical (unpaired) electrons. The summed E-state index contributed by atoms with van der Waals surface area (Å²) in [6, 6.07) is 6.20. The van der Waals surface area contributed by atoms with Crippen LogP contribution in [0.5, 0.6) is 0 Å². The lowest BCUT2D eigenvalue weighted by Crippen LogP contribution is -2.32. The first-order chi connectivity index (χ1) is 9.84. The van der Waals surface area contributed by atoms with Gasteiger partial charge in [-0.15, -0.1) is 0 Å². The van der Waals surface area contributed by atoms with Crippen molar-refractivity contribution >= 4 is 16.8 Å². The number of hydrogen-bond donors (Lipinski definition) is 0. The van der Waals surface area contributed by atoms with Crippen LogP contribution in [0.25, 0.3) is 28.2 Å². The Morgan fingerprint density at radius 2 is 2.25 bits per heavy atom. The van der Waals surface area contributed by atoms with Gasteiger partial charge in [-0.2, -0.15) is 0 Å². The molecule has 5 heterocycles. The van der Waals surface area contributed by atoms with Crippen LogP contribution in [0.15, 0.2) is 43.0 Å². The van der Waals surface area contributed by atoms with E-state index in [2.05, 4.69) is 48.9 Å². The van der Waals surface area contributed by atoms with Crippen molar-refractivity contribution in [3.8, 4) is 11.4 Å². The van der Waals surface area contributed by atoms with Gasteiger partial charge in [0.1, 0.15) is 0 Å². The SMILES string of the molecule is Cn1c2[n+](c3c1cc1ncccn13)Cc1cnccc1-2. The minimum Gasteiger partial charge on any atom is -0.264 e. The summed E-state index contributed by atoms with van der Waals surface area (Å²) in [4.78, 5) is 8.67. The van der Waals surface area contributed by atoms with E-state index in [9.17, 15) is 0 Å². The monoisotopic (exact) mass is 262 g/mol. The molecule has 4 aromatic rings. The third-order valence-corrected chi connectivity index (χ3v) is 4.16. The predicted octanol–water partition coefficient (Wildman–Crippen LogP) is 1.54. The Morgan fingerprint density at radius 1 is 1.30 bits per heavy atom. The molecular weight excluding hydrogens is 250 g/mol. The van der Waals surface area contributed by atoms with Crippen LogP contribution in [0, 0.1) is 0 Å². The Hall–Kier alpha value is -2.69. The lowest BCUT2D eigenvalue weighted by molar-refractivity contribution is -0.648. The summed E-state index contributed by atoms with van der Waals surface area (Å²) in [5.74, 6) is 1.24. The average molecular weight is 262 g/mol. The molecule has 4 aromatic heterocycles. The van der Waals surface area contributed by atoms with Gasteiger partial charge >= 0.3 is 0 Å². The molecule has 0 aliphatic carbocycles. The molecule has 0 N–H and O–H groups in total. The van der Waals surface area contributed by atoms with Gasteiger partial charge in [-0.05, 0) is 12.1 Å². The highest BCUT2D eigenvalue weighted by Crippen LogP contribution is 2.30. The van der Waals surface area contributed by atoms with Gasteiger partial charge in [0.2, 0.25) is 5.82 Å². The quantitative estimate of drug-likeness (QED) is 0.397. The Bertz CT molecular complexity index is 992. The fourth-order valence-electron chi connectivity index (χ4n) is 3.31. The Morgan fingerprint density at radius 3 is 3.20 bits per heavy atom. The highest BCUT2D eigenvalue weighted by atomic mass is 15.2. The van der Waals surface area contributed by atoms with E-state index in [0.29, 0.717) is 0 Å². The van der Waals surface area contributed by atoms with Gasteiger partial charge in [-0.3, -0.25) is 9.55 Å². The van der Waals surface area contributed by atoms with Gasteiger partial charge in [0.15, 0.2) is 11.2 Å². The summed E-state index contributed by atoms with van der Waals surface area (Å²) in [6.07, 6.45) is 7.72. The second-order valence-corrected chi connectivity index (χ2v) is 5.20. The van der Waals surface area contributed by atoms with Crippen LogP contribution < -0.4 is 4.57 Å². The van der Waals surface area contributed by atoms with Crippen molar-refractivity contribution in [1.82, 2.24) is 18.9 Å². The Balaban J connectivity index is 1.99. The first kappa shape index (κ1) is 10.1. The third kappa shape index (κ3) is 1.02. The first-order valence-electron chi connectivity index (χ1n) is 6.62. The van der Waals surface area contributed by atoms with Crippen molar-refractivity contribution in [2.45, 2.75) is 6.54 Å². The molecule has 0 unspecified atom stereocenters. The molecule has 96 valence electrons. The van der Waals surface area contributed by atoms with E-state index in [-0.39, 0.29) is 0 Å². The van der Waals surface area contributed by atoms with E-state index in [1.807, 2.05) is 24.7 Å². The van der Waals surface area contributed by atoms with Crippen molar-refractivity contribution < 1.29 is 4.57 Å². The van der Waals surface area contributed by atoms with Crippen molar-refractivity contribution in [2.24, 2.45) is 7.05 Å². The highest BCUT2D eigenvalue weighted by molar-refractivity contribution is 5.81. The second kappa shape index (κ2) is 3.25. The zero-order valence-electron chi connectivity index (χ0n) is 11.0. The van der Waals surface area contributed by atoms with E-state index in [1.165, 1.54) is 28.1 Å². The van der Waals surface area contributed by atoms with Crippen molar-refractivity contribution in [3.05, 3.63) is 48.5 Å². The van der Waals surface area contributed by atoms with E-state index in [4.69, 9.17) is 0 Å². The summed E-state index contributed by atoms with van der Waals surface area (Å²) in [5.41, 5.74) is 5.94. The summed E-state index contributed by atoms with van der Waals surface area (Å²) in [6.45, 7) is 0.872. The summed E-state index contributed by atoms with van der Waals surface area (Å²) in [7, 11) is 2.11. The molecule has 5 heteroatoms. The maximum absolute atomic E-state index is 4.43. The molecule has 1 aliphatic rings. The van der Waals surface area contributed by atoms with Gasteiger partial charge in [0.25, 0.3) is 5.65 Å². The van der Waals surface area contributed by atoms with Crippen molar-refractivity contribution in [2.75, 3.05) is 0 Å². The van der Waals surface area contributed by atoms with Crippen molar-refractivity contribution in [1.29, 1.82) is 0 Å². The number of hydrogen-bond acceptors (Lipinski definition) is 2. The second-order valence-electron chi connectivity index (χ2n) is 5.20. The number of pyridine rings is 1. The van der Waals surface area contributed by atoms with Crippen LogP contribution in [0.1, 0.15) is 5.56 Å². The summed E-state index contributed by atoms with van der Waals surface area (Å²) in [5, 5.41) is 0. The van der Waals surface area contributed by atoms with Crippen LogP contribution >= 0.6 is 0 Å². The molecule has 0 aromatic carbocycles. The van der Waals surface area contributed by atoms with Gasteiger partial charge in [-0.25, -0.2) is 14.0 Å². The number of aryl methyl sites for hydroxylation is 1. The molecule has 1 aliphatic heterocycles. The highest BCUT2D eigenvalue weighted by Gasteiger charge is 2.32. The number of rotatable bonds is 0. The third-order valence-electron chi connectivity index (χ3n) is 4.16. The standard InChI is InChI=1S/C15H12N5/c1-18-12-7-13-17-4-2-6-19(13)15(12)20-9-10-8-16-5-3-11(10)14(18)20/h2-8H,9H2,1H3/q+1. The molecule has 5 nitrogen and oxygen atoms in total. The van der Waals surface area contributed by atoms with Gasteiger partial charge in [0, 0.05) is 30.2 Å². The topological polar surface area (TPSA) is 39.0 Å². The molecule has 0 bridgehead atoms. The van der Waals surface area contributed by atoms with Crippen LogP contribution in [0.4, 0.5) is 0 Å².